The first-order valence-corrected chi connectivity index (χ1v) is 7.50. The van der Waals surface area contributed by atoms with E-state index in [0.717, 1.165) is 24.0 Å². The van der Waals surface area contributed by atoms with Gasteiger partial charge < -0.3 is 0 Å². The van der Waals surface area contributed by atoms with Crippen molar-refractivity contribution < 1.29 is 4.79 Å². The van der Waals surface area contributed by atoms with Crippen LogP contribution in [-0.4, -0.2) is 5.78 Å². The Bertz CT molecular complexity index is 500. The number of hydrogen-bond donors (Lipinski definition) is 0. The number of fused-ring (bicyclic) bond motifs is 1. The molecular weight excluding hydrogens is 232 g/mol. The highest BCUT2D eigenvalue weighted by Gasteiger charge is 2.46. The minimum Gasteiger partial charge on any atom is -0.294 e. The summed E-state index contributed by atoms with van der Waals surface area (Å²) >= 11 is 0. The van der Waals surface area contributed by atoms with E-state index in [4.69, 9.17) is 0 Å². The van der Waals surface area contributed by atoms with Gasteiger partial charge in [-0.1, -0.05) is 50.1 Å². The van der Waals surface area contributed by atoms with Crippen molar-refractivity contribution in [3.8, 4) is 0 Å². The Kier molecular flexibility index (Phi) is 3.30. The highest BCUT2D eigenvalue weighted by Crippen LogP contribution is 2.49. The summed E-state index contributed by atoms with van der Waals surface area (Å²) in [6, 6.07) is 10.2. The lowest BCUT2D eigenvalue weighted by Gasteiger charge is -2.44. The fourth-order valence-corrected chi connectivity index (χ4v) is 3.87. The molecular formula is C18H22O. The van der Waals surface area contributed by atoms with Crippen molar-refractivity contribution in [2.45, 2.75) is 45.4 Å². The van der Waals surface area contributed by atoms with Crippen LogP contribution in [-0.2, 0) is 4.79 Å². The van der Waals surface area contributed by atoms with Gasteiger partial charge in [-0.05, 0) is 48.8 Å². The average molecular weight is 254 g/mol. The summed E-state index contributed by atoms with van der Waals surface area (Å²) in [5, 5.41) is 0. The number of carbonyl (C=O) groups is 1. The molecule has 0 N–H and O–H groups in total. The molecule has 1 heteroatoms. The smallest absolute Gasteiger partial charge is 0.165 e. The van der Waals surface area contributed by atoms with Crippen LogP contribution in [0.4, 0.5) is 0 Å². The molecule has 1 aromatic carbocycles. The minimum absolute atomic E-state index is 0.0723. The van der Waals surface area contributed by atoms with E-state index in [-0.39, 0.29) is 5.41 Å². The first kappa shape index (κ1) is 12.7. The first-order chi connectivity index (χ1) is 9.20. The molecule has 2 aliphatic rings. The zero-order chi connectivity index (χ0) is 13.3. The molecule has 2 saturated carbocycles. The maximum atomic E-state index is 12.8. The third-order valence-electron chi connectivity index (χ3n) is 5.11. The predicted molar refractivity (Wildman–Crippen MR) is 78.7 cm³/mol. The molecule has 0 aliphatic heterocycles. The summed E-state index contributed by atoms with van der Waals surface area (Å²) in [4.78, 5) is 12.8. The molecule has 0 aromatic heterocycles. The monoisotopic (exact) mass is 254 g/mol. The van der Waals surface area contributed by atoms with E-state index in [1.54, 1.807) is 0 Å². The number of benzene rings is 1. The molecule has 3 rings (SSSR count). The van der Waals surface area contributed by atoms with Crippen LogP contribution in [0.1, 0.15) is 51.0 Å². The van der Waals surface area contributed by atoms with Gasteiger partial charge in [0.25, 0.3) is 0 Å². The van der Waals surface area contributed by atoms with Crippen molar-refractivity contribution >= 4 is 11.9 Å². The van der Waals surface area contributed by atoms with E-state index in [9.17, 15) is 4.79 Å². The molecule has 0 spiro atoms. The van der Waals surface area contributed by atoms with Crippen molar-refractivity contribution in [1.82, 2.24) is 0 Å². The van der Waals surface area contributed by atoms with E-state index < -0.39 is 0 Å². The molecule has 1 nitrogen and oxygen atoms in total. The van der Waals surface area contributed by atoms with Crippen molar-refractivity contribution in [2.24, 2.45) is 11.3 Å². The van der Waals surface area contributed by atoms with Crippen LogP contribution in [0.15, 0.2) is 35.9 Å². The molecule has 0 saturated heterocycles. The highest BCUT2D eigenvalue weighted by molar-refractivity contribution is 6.04. The van der Waals surface area contributed by atoms with Crippen LogP contribution in [0.3, 0.4) is 0 Å². The van der Waals surface area contributed by atoms with Crippen LogP contribution >= 0.6 is 0 Å². The number of carbonyl (C=O) groups excluding carboxylic acids is 1. The lowest BCUT2D eigenvalue weighted by atomic mass is 9.58. The first-order valence-electron chi connectivity index (χ1n) is 7.50. The topological polar surface area (TPSA) is 17.1 Å². The van der Waals surface area contributed by atoms with Crippen molar-refractivity contribution in [1.29, 1.82) is 0 Å². The van der Waals surface area contributed by atoms with Gasteiger partial charge in [-0.15, -0.1) is 0 Å². The van der Waals surface area contributed by atoms with E-state index in [1.807, 2.05) is 18.2 Å². The lowest BCUT2D eigenvalue weighted by molar-refractivity contribution is -0.131. The molecule has 2 fully saturated rings. The third kappa shape index (κ3) is 2.27. The maximum absolute atomic E-state index is 12.8. The summed E-state index contributed by atoms with van der Waals surface area (Å²) in [6.07, 6.45) is 9.14. The fraction of sp³-hybridized carbons (Fsp3) is 0.500. The zero-order valence-corrected chi connectivity index (χ0v) is 11.7. The number of Topliss-reactive ketones (excluding diaryl/α,β-unsaturated/α-hetero) is 1. The van der Waals surface area contributed by atoms with Gasteiger partial charge in [0.05, 0.1) is 0 Å². The number of allylic oxidation sites excluding steroid dienone is 1. The van der Waals surface area contributed by atoms with Crippen LogP contribution in [0.25, 0.3) is 6.08 Å². The van der Waals surface area contributed by atoms with Gasteiger partial charge >= 0.3 is 0 Å². The Hall–Kier alpha value is -1.37. The van der Waals surface area contributed by atoms with E-state index in [2.05, 4.69) is 25.1 Å². The largest absolute Gasteiger partial charge is 0.294 e. The summed E-state index contributed by atoms with van der Waals surface area (Å²) in [5.41, 5.74) is 2.13. The third-order valence-corrected chi connectivity index (χ3v) is 5.11. The van der Waals surface area contributed by atoms with E-state index >= 15 is 0 Å². The molecule has 1 aromatic rings. The Labute approximate surface area is 115 Å². The molecule has 0 unspecified atom stereocenters. The van der Waals surface area contributed by atoms with Crippen LogP contribution in [0.2, 0.25) is 0 Å². The molecule has 0 amide bonds. The van der Waals surface area contributed by atoms with Gasteiger partial charge in [0.1, 0.15) is 0 Å². The Morgan fingerprint density at radius 1 is 1.16 bits per heavy atom. The molecule has 0 bridgehead atoms. The fourth-order valence-electron chi connectivity index (χ4n) is 3.87. The Balaban J connectivity index is 1.89. The summed E-state index contributed by atoms with van der Waals surface area (Å²) in [6.45, 7) is 2.21. The Morgan fingerprint density at radius 3 is 2.74 bits per heavy atom. The van der Waals surface area contributed by atoms with Crippen molar-refractivity contribution in [2.75, 3.05) is 0 Å². The molecule has 100 valence electrons. The van der Waals surface area contributed by atoms with Gasteiger partial charge in [-0.3, -0.25) is 4.79 Å². The molecule has 0 heterocycles. The van der Waals surface area contributed by atoms with Crippen molar-refractivity contribution in [3.05, 3.63) is 41.5 Å². The minimum atomic E-state index is -0.0723. The molecule has 0 radical (unpaired) electrons. The standard InChI is InChI=1S/C18H22O/c1-18-12-6-5-9-16(18)11-10-15(17(18)19)13-14-7-3-2-4-8-14/h2-4,7-8,13,16H,5-6,9-12H2,1H3/b15-13-/t16-,18+/m1/s1. The van der Waals surface area contributed by atoms with Crippen molar-refractivity contribution in [3.63, 3.8) is 0 Å². The maximum Gasteiger partial charge on any atom is 0.165 e. The Morgan fingerprint density at radius 2 is 1.95 bits per heavy atom. The normalized spacial score (nSPS) is 33.2. The van der Waals surface area contributed by atoms with E-state index in [0.29, 0.717) is 11.7 Å². The van der Waals surface area contributed by atoms with Gasteiger partial charge in [0, 0.05) is 5.41 Å². The molecule has 19 heavy (non-hydrogen) atoms. The van der Waals surface area contributed by atoms with Crippen LogP contribution in [0.5, 0.6) is 0 Å². The van der Waals surface area contributed by atoms with Crippen LogP contribution in [0, 0.1) is 11.3 Å². The zero-order valence-electron chi connectivity index (χ0n) is 11.7. The highest BCUT2D eigenvalue weighted by atomic mass is 16.1. The second-order valence-corrected chi connectivity index (χ2v) is 6.31. The number of hydrogen-bond acceptors (Lipinski definition) is 1. The molecule has 2 aliphatic carbocycles. The van der Waals surface area contributed by atoms with Crippen LogP contribution < -0.4 is 0 Å². The second-order valence-electron chi connectivity index (χ2n) is 6.31. The molecule has 2 atom stereocenters. The summed E-state index contributed by atoms with van der Waals surface area (Å²) < 4.78 is 0. The summed E-state index contributed by atoms with van der Waals surface area (Å²) in [7, 11) is 0. The lowest BCUT2D eigenvalue weighted by Crippen LogP contribution is -2.42. The SMILES string of the molecule is C[C@]12CCCC[C@@H]1CC/C(=C/c1ccccc1)C2=O. The van der Waals surface area contributed by atoms with Gasteiger partial charge in [-0.2, -0.15) is 0 Å². The number of ketones is 1. The van der Waals surface area contributed by atoms with Gasteiger partial charge in [0.15, 0.2) is 5.78 Å². The predicted octanol–water partition coefficient (Wildman–Crippen LogP) is 4.63. The van der Waals surface area contributed by atoms with Gasteiger partial charge in [-0.25, -0.2) is 0 Å². The second kappa shape index (κ2) is 4.96. The average Bonchev–Trinajstić information content (AvgIpc) is 2.44. The number of rotatable bonds is 1. The van der Waals surface area contributed by atoms with Gasteiger partial charge in [0.2, 0.25) is 0 Å². The quantitative estimate of drug-likeness (QED) is 0.668. The summed E-state index contributed by atoms with van der Waals surface area (Å²) in [5.74, 6) is 1.05. The van der Waals surface area contributed by atoms with E-state index in [1.165, 1.54) is 25.7 Å².